The van der Waals surface area contributed by atoms with Gasteiger partial charge in [0.25, 0.3) is 0 Å². The average Bonchev–Trinajstić information content (AvgIpc) is 1.97. The van der Waals surface area contributed by atoms with Crippen LogP contribution in [0.25, 0.3) is 0 Å². The van der Waals surface area contributed by atoms with Gasteiger partial charge in [-0.15, -0.1) is 0 Å². The van der Waals surface area contributed by atoms with Crippen molar-refractivity contribution in [3.63, 3.8) is 0 Å². The summed E-state index contributed by atoms with van der Waals surface area (Å²) in [5.74, 6) is -0.254. The van der Waals surface area contributed by atoms with Gasteiger partial charge in [0.1, 0.15) is 73.2 Å². The summed E-state index contributed by atoms with van der Waals surface area (Å²) < 4.78 is 34.4. The molecule has 0 bridgehead atoms. The number of ether oxygens (including phenoxy) is 6. The fraction of sp³-hybridized carbons (Fsp3) is 0.929. The standard InChI is InChI=1S/C70H131NO18/c1-3-5-7-9-11-13-15-17-19-20-21-22-23-24-25-26-27-28-29-30-31-32-34-35-37-39-41-43-45-47-54(75)53(71-58(76)48-46-44-42-40-38-36-33-18-16-14-12-10-8-6-4-2)52-84-68-64(82)61(79)66(56(50-73)86-68)89-70-65(83)62(80)67(57(51-74)87-70)88-69-63(81)60(78)59(77)55(49-72)85-69/h12,14,18,33,53-57,59-70,72-75,77-83H,3-11,13,15-17,19-32,34-52H2,1-2H3,(H,71,76)/b14-12-,33-18-. The van der Waals surface area contributed by atoms with Crippen LogP contribution in [0, 0.1) is 0 Å². The Kier molecular flexibility index (Phi) is 48.1. The van der Waals surface area contributed by atoms with Gasteiger partial charge in [-0.25, -0.2) is 0 Å². The third-order valence-electron chi connectivity index (χ3n) is 18.3. The minimum atomic E-state index is -1.97. The van der Waals surface area contributed by atoms with Gasteiger partial charge in [0, 0.05) is 6.42 Å². The molecule has 3 aliphatic rings. The number of aliphatic hydroxyl groups is 11. The third-order valence-corrected chi connectivity index (χ3v) is 18.3. The lowest BCUT2D eigenvalue weighted by molar-refractivity contribution is -0.379. The van der Waals surface area contributed by atoms with Gasteiger partial charge >= 0.3 is 0 Å². The first-order chi connectivity index (χ1) is 43.3. The number of nitrogens with one attached hydrogen (secondary N) is 1. The fourth-order valence-electron chi connectivity index (χ4n) is 12.4. The molecule has 3 saturated heterocycles. The summed E-state index contributed by atoms with van der Waals surface area (Å²) in [6.07, 6.45) is 32.7. The van der Waals surface area contributed by atoms with Gasteiger partial charge in [-0.3, -0.25) is 4.79 Å². The maximum absolute atomic E-state index is 13.4. The quantitative estimate of drug-likeness (QED) is 0.0199. The summed E-state index contributed by atoms with van der Waals surface area (Å²) in [6.45, 7) is 1.79. The number of carbonyl (C=O) groups is 1. The van der Waals surface area contributed by atoms with Crippen molar-refractivity contribution in [2.24, 2.45) is 0 Å². The number of rotatable bonds is 56. The van der Waals surface area contributed by atoms with Crippen molar-refractivity contribution in [3.05, 3.63) is 24.3 Å². The molecule has 524 valence electrons. The summed E-state index contributed by atoms with van der Waals surface area (Å²) in [7, 11) is 0. The van der Waals surface area contributed by atoms with Gasteiger partial charge in [-0.2, -0.15) is 0 Å². The van der Waals surface area contributed by atoms with Crippen LogP contribution in [0.1, 0.15) is 284 Å². The van der Waals surface area contributed by atoms with E-state index >= 15 is 0 Å². The van der Waals surface area contributed by atoms with E-state index in [1.54, 1.807) is 0 Å². The smallest absolute Gasteiger partial charge is 0.220 e. The normalized spacial score (nSPS) is 28.3. The highest BCUT2D eigenvalue weighted by molar-refractivity contribution is 5.76. The van der Waals surface area contributed by atoms with Gasteiger partial charge < -0.3 is 89.9 Å². The number of hydrogen-bond donors (Lipinski definition) is 12. The van der Waals surface area contributed by atoms with E-state index in [1.807, 2.05) is 0 Å². The SMILES string of the molecule is CCCCC/C=C\C/C=C\CCCCCCCC(=O)NC(COC1OC(CO)C(OC2OC(CO)C(OC3OC(CO)C(O)C(O)C3O)C(O)C2O)C(O)C1O)C(O)CCCCCCCCCCCCCCCCCCCCCCCCCCCCCCC. The highest BCUT2D eigenvalue weighted by Gasteiger charge is 2.53. The molecular formula is C70H131NO18. The molecule has 0 saturated carbocycles. The summed E-state index contributed by atoms with van der Waals surface area (Å²) in [5, 5.41) is 121. The van der Waals surface area contributed by atoms with Crippen LogP contribution in [-0.4, -0.2) is 193 Å². The molecule has 1 amide bonds. The maximum atomic E-state index is 13.4. The molecule has 89 heavy (non-hydrogen) atoms. The Morgan fingerprint density at radius 1 is 0.404 bits per heavy atom. The van der Waals surface area contributed by atoms with Gasteiger partial charge in [-0.1, -0.05) is 256 Å². The monoisotopic (exact) mass is 1270 g/mol. The predicted octanol–water partition coefficient (Wildman–Crippen LogP) is 9.83. The maximum Gasteiger partial charge on any atom is 0.220 e. The molecule has 0 aromatic rings. The van der Waals surface area contributed by atoms with Gasteiger partial charge in [0.15, 0.2) is 18.9 Å². The molecule has 19 heteroatoms. The highest BCUT2D eigenvalue weighted by Crippen LogP contribution is 2.33. The third kappa shape index (κ3) is 34.5. The van der Waals surface area contributed by atoms with E-state index < -0.39 is 124 Å². The molecule has 0 radical (unpaired) electrons. The molecule has 19 nitrogen and oxygen atoms in total. The molecule has 0 aliphatic carbocycles. The number of amides is 1. The topological polar surface area (TPSA) is 307 Å². The van der Waals surface area contributed by atoms with Gasteiger partial charge in [-0.05, 0) is 44.9 Å². The van der Waals surface area contributed by atoms with E-state index in [1.165, 1.54) is 180 Å². The molecule has 17 atom stereocenters. The van der Waals surface area contributed by atoms with Crippen molar-refractivity contribution in [2.45, 2.75) is 388 Å². The number of allylic oxidation sites excluding steroid dienone is 4. The Balaban J connectivity index is 1.39. The highest BCUT2D eigenvalue weighted by atomic mass is 16.8. The van der Waals surface area contributed by atoms with Crippen LogP contribution >= 0.6 is 0 Å². The minimum Gasteiger partial charge on any atom is -0.394 e. The first-order valence-corrected chi connectivity index (χ1v) is 36.1. The summed E-state index contributed by atoms with van der Waals surface area (Å²) in [6, 6.07) is -0.894. The van der Waals surface area contributed by atoms with E-state index in [9.17, 15) is 61.0 Å². The van der Waals surface area contributed by atoms with Crippen LogP contribution in [0.4, 0.5) is 0 Å². The molecule has 3 aliphatic heterocycles. The van der Waals surface area contributed by atoms with Crippen molar-refractivity contribution in [1.29, 1.82) is 0 Å². The zero-order valence-electron chi connectivity index (χ0n) is 55.4. The summed E-state index contributed by atoms with van der Waals surface area (Å²) in [5.41, 5.74) is 0. The minimum absolute atomic E-state index is 0.252. The molecule has 3 fully saturated rings. The molecule has 12 N–H and O–H groups in total. The Morgan fingerprint density at radius 2 is 0.742 bits per heavy atom. The Morgan fingerprint density at radius 3 is 1.17 bits per heavy atom. The second-order valence-corrected chi connectivity index (χ2v) is 26.1. The van der Waals surface area contributed by atoms with Crippen LogP contribution in [0.2, 0.25) is 0 Å². The van der Waals surface area contributed by atoms with Crippen LogP contribution in [0.5, 0.6) is 0 Å². The number of hydrogen-bond acceptors (Lipinski definition) is 18. The van der Waals surface area contributed by atoms with E-state index in [2.05, 4.69) is 43.5 Å². The predicted molar refractivity (Wildman–Crippen MR) is 346 cm³/mol. The van der Waals surface area contributed by atoms with Crippen LogP contribution in [0.3, 0.4) is 0 Å². The van der Waals surface area contributed by atoms with Crippen LogP contribution in [0.15, 0.2) is 24.3 Å². The first-order valence-electron chi connectivity index (χ1n) is 36.1. The summed E-state index contributed by atoms with van der Waals surface area (Å²) >= 11 is 0. The van der Waals surface area contributed by atoms with E-state index in [-0.39, 0.29) is 18.9 Å². The van der Waals surface area contributed by atoms with Crippen molar-refractivity contribution in [3.8, 4) is 0 Å². The Labute approximate surface area is 537 Å². The Hall–Kier alpha value is -1.73. The fourth-order valence-corrected chi connectivity index (χ4v) is 12.4. The van der Waals surface area contributed by atoms with E-state index in [4.69, 9.17) is 28.4 Å². The van der Waals surface area contributed by atoms with E-state index in [0.29, 0.717) is 12.8 Å². The summed E-state index contributed by atoms with van der Waals surface area (Å²) in [4.78, 5) is 13.4. The zero-order valence-corrected chi connectivity index (χ0v) is 55.4. The number of aliphatic hydroxyl groups excluding tert-OH is 11. The van der Waals surface area contributed by atoms with Crippen LogP contribution < -0.4 is 5.32 Å². The largest absolute Gasteiger partial charge is 0.394 e. The molecule has 3 rings (SSSR count). The second kappa shape index (κ2) is 52.5. The van der Waals surface area contributed by atoms with Crippen molar-refractivity contribution in [2.75, 3.05) is 26.4 Å². The lowest BCUT2D eigenvalue weighted by atomic mass is 9.96. The Bertz CT molecular complexity index is 1710. The number of carbonyl (C=O) groups excluding carboxylic acids is 1. The zero-order chi connectivity index (χ0) is 64.7. The van der Waals surface area contributed by atoms with Crippen LogP contribution in [-0.2, 0) is 33.2 Å². The first kappa shape index (κ1) is 81.5. The van der Waals surface area contributed by atoms with Crippen molar-refractivity contribution in [1.82, 2.24) is 5.32 Å². The van der Waals surface area contributed by atoms with Gasteiger partial charge in [0.05, 0.1) is 38.6 Å². The molecule has 17 unspecified atom stereocenters. The van der Waals surface area contributed by atoms with Crippen molar-refractivity contribution < 1.29 is 89.4 Å². The molecule has 3 heterocycles. The number of unbranched alkanes of at least 4 members (excludes halogenated alkanes) is 36. The van der Waals surface area contributed by atoms with Gasteiger partial charge in [0.2, 0.25) is 5.91 Å². The van der Waals surface area contributed by atoms with Crippen molar-refractivity contribution >= 4 is 5.91 Å². The molecule has 0 aromatic heterocycles. The lowest BCUT2D eigenvalue weighted by Crippen LogP contribution is -2.66. The second-order valence-electron chi connectivity index (χ2n) is 26.1. The van der Waals surface area contributed by atoms with E-state index in [0.717, 1.165) is 70.6 Å². The molecular weight excluding hydrogens is 1140 g/mol. The molecule has 0 aromatic carbocycles. The molecule has 0 spiro atoms. The lowest BCUT2D eigenvalue weighted by Gasteiger charge is -2.48. The average molecular weight is 1270 g/mol.